The van der Waals surface area contributed by atoms with Gasteiger partial charge < -0.3 is 9.42 Å². The SMILES string of the molecule is CCn1ncc(C(=O)N2CCC[C@H](c3nc(-c4cccnc4)no3)C2)c1C. The third-order valence-corrected chi connectivity index (χ3v) is 5.05. The largest absolute Gasteiger partial charge is 0.339 e. The Morgan fingerprint density at radius 3 is 3.00 bits per heavy atom. The third-order valence-electron chi connectivity index (χ3n) is 5.05. The molecule has 0 radical (unpaired) electrons. The fraction of sp³-hybridized carbons (Fsp3) is 0.421. The molecule has 1 aliphatic rings. The van der Waals surface area contributed by atoms with E-state index >= 15 is 0 Å². The second-order valence-electron chi connectivity index (χ2n) is 6.75. The highest BCUT2D eigenvalue weighted by Crippen LogP contribution is 2.28. The zero-order valence-corrected chi connectivity index (χ0v) is 15.5. The molecule has 1 saturated heterocycles. The summed E-state index contributed by atoms with van der Waals surface area (Å²) in [6.07, 6.45) is 6.91. The van der Waals surface area contributed by atoms with Crippen molar-refractivity contribution >= 4 is 5.91 Å². The topological polar surface area (TPSA) is 89.9 Å². The average Bonchev–Trinajstić information content (AvgIpc) is 3.35. The van der Waals surface area contributed by atoms with Gasteiger partial charge in [-0.15, -0.1) is 0 Å². The van der Waals surface area contributed by atoms with Gasteiger partial charge in [0.05, 0.1) is 17.7 Å². The average molecular weight is 366 g/mol. The van der Waals surface area contributed by atoms with Crippen LogP contribution in [-0.2, 0) is 6.54 Å². The van der Waals surface area contributed by atoms with E-state index in [0.717, 1.165) is 37.2 Å². The molecule has 8 nitrogen and oxygen atoms in total. The number of rotatable bonds is 4. The minimum Gasteiger partial charge on any atom is -0.339 e. The van der Waals surface area contributed by atoms with Crippen molar-refractivity contribution in [2.24, 2.45) is 0 Å². The number of hydrogen-bond acceptors (Lipinski definition) is 6. The lowest BCUT2D eigenvalue weighted by molar-refractivity contribution is 0.0694. The highest BCUT2D eigenvalue weighted by atomic mass is 16.5. The molecule has 0 aliphatic carbocycles. The van der Waals surface area contributed by atoms with Crippen LogP contribution < -0.4 is 0 Å². The quantitative estimate of drug-likeness (QED) is 0.705. The molecule has 1 fully saturated rings. The number of likely N-dealkylation sites (tertiary alicyclic amines) is 1. The van der Waals surface area contributed by atoms with Crippen LogP contribution >= 0.6 is 0 Å². The van der Waals surface area contributed by atoms with Gasteiger partial charge in [0.15, 0.2) is 0 Å². The molecule has 4 heterocycles. The molecule has 1 atom stereocenters. The summed E-state index contributed by atoms with van der Waals surface area (Å²) in [5, 5.41) is 8.36. The van der Waals surface area contributed by atoms with E-state index < -0.39 is 0 Å². The van der Waals surface area contributed by atoms with Crippen LogP contribution in [-0.4, -0.2) is 48.8 Å². The smallest absolute Gasteiger partial charge is 0.257 e. The van der Waals surface area contributed by atoms with Crippen LogP contribution in [0.4, 0.5) is 0 Å². The maximum Gasteiger partial charge on any atom is 0.257 e. The normalized spacial score (nSPS) is 17.3. The van der Waals surface area contributed by atoms with Crippen LogP contribution in [0.3, 0.4) is 0 Å². The van der Waals surface area contributed by atoms with Crippen molar-refractivity contribution in [1.82, 2.24) is 29.8 Å². The molecule has 0 aromatic carbocycles. The number of hydrogen-bond donors (Lipinski definition) is 0. The molecule has 4 rings (SSSR count). The molecule has 0 bridgehead atoms. The lowest BCUT2D eigenvalue weighted by Crippen LogP contribution is -2.39. The second kappa shape index (κ2) is 7.30. The van der Waals surface area contributed by atoms with Gasteiger partial charge in [0.2, 0.25) is 11.7 Å². The van der Waals surface area contributed by atoms with Crippen molar-refractivity contribution in [2.75, 3.05) is 13.1 Å². The van der Waals surface area contributed by atoms with E-state index in [0.29, 0.717) is 23.8 Å². The number of carbonyl (C=O) groups is 1. The zero-order valence-electron chi connectivity index (χ0n) is 15.5. The van der Waals surface area contributed by atoms with Crippen molar-refractivity contribution < 1.29 is 9.32 Å². The van der Waals surface area contributed by atoms with Crippen LogP contribution in [0.1, 0.15) is 47.6 Å². The minimum atomic E-state index is 0.0175. The molecule has 0 spiro atoms. The number of aromatic nitrogens is 5. The van der Waals surface area contributed by atoms with Gasteiger partial charge in [0.1, 0.15) is 0 Å². The van der Waals surface area contributed by atoms with Crippen molar-refractivity contribution in [3.05, 3.63) is 47.9 Å². The fourth-order valence-corrected chi connectivity index (χ4v) is 3.52. The Hall–Kier alpha value is -3.03. The van der Waals surface area contributed by atoms with Crippen LogP contribution in [0.25, 0.3) is 11.4 Å². The van der Waals surface area contributed by atoms with Crippen molar-refractivity contribution in [3.63, 3.8) is 0 Å². The maximum atomic E-state index is 13.0. The van der Waals surface area contributed by atoms with E-state index in [2.05, 4.69) is 20.2 Å². The maximum absolute atomic E-state index is 13.0. The molecule has 27 heavy (non-hydrogen) atoms. The van der Waals surface area contributed by atoms with Crippen LogP contribution in [0.5, 0.6) is 0 Å². The molecule has 3 aromatic heterocycles. The first-order valence-corrected chi connectivity index (χ1v) is 9.23. The van der Waals surface area contributed by atoms with Crippen LogP contribution in [0, 0.1) is 6.92 Å². The number of nitrogens with zero attached hydrogens (tertiary/aromatic N) is 6. The Bertz CT molecular complexity index is 933. The van der Waals surface area contributed by atoms with Gasteiger partial charge in [0.25, 0.3) is 5.91 Å². The zero-order chi connectivity index (χ0) is 18.8. The second-order valence-corrected chi connectivity index (χ2v) is 6.75. The van der Waals surface area contributed by atoms with Crippen molar-refractivity contribution in [3.8, 4) is 11.4 Å². The highest BCUT2D eigenvalue weighted by molar-refractivity contribution is 5.95. The standard InChI is InChI=1S/C19H22N6O2/c1-3-25-13(2)16(11-21-25)19(26)24-9-5-7-15(12-24)18-22-17(23-27-18)14-6-4-8-20-10-14/h4,6,8,10-11,15H,3,5,7,9,12H2,1-2H3/t15-/m0/s1. The molecule has 140 valence electrons. The summed E-state index contributed by atoms with van der Waals surface area (Å²) < 4.78 is 7.33. The molecule has 1 aliphatic heterocycles. The van der Waals surface area contributed by atoms with Gasteiger partial charge in [-0.2, -0.15) is 10.1 Å². The molecular formula is C19H22N6O2. The number of pyridine rings is 1. The Kier molecular flexibility index (Phi) is 4.70. The van der Waals surface area contributed by atoms with Crippen molar-refractivity contribution in [2.45, 2.75) is 39.2 Å². The summed E-state index contributed by atoms with van der Waals surface area (Å²) >= 11 is 0. The van der Waals surface area contributed by atoms with Gasteiger partial charge in [-0.3, -0.25) is 14.5 Å². The first kappa shape index (κ1) is 17.4. The van der Waals surface area contributed by atoms with E-state index in [-0.39, 0.29) is 11.8 Å². The summed E-state index contributed by atoms with van der Waals surface area (Å²) in [5.41, 5.74) is 2.39. The van der Waals surface area contributed by atoms with Gasteiger partial charge in [-0.05, 0) is 38.8 Å². The lowest BCUT2D eigenvalue weighted by atomic mass is 9.97. The van der Waals surface area contributed by atoms with E-state index in [9.17, 15) is 4.79 Å². The van der Waals surface area contributed by atoms with Crippen LogP contribution in [0.2, 0.25) is 0 Å². The predicted molar refractivity (Wildman–Crippen MR) is 98.0 cm³/mol. The van der Waals surface area contributed by atoms with Gasteiger partial charge >= 0.3 is 0 Å². The number of carbonyl (C=O) groups excluding carboxylic acids is 1. The van der Waals surface area contributed by atoms with E-state index in [1.165, 1.54) is 0 Å². The Balaban J connectivity index is 1.51. The third kappa shape index (κ3) is 3.34. The van der Waals surface area contributed by atoms with Gasteiger partial charge in [-0.25, -0.2) is 0 Å². The minimum absolute atomic E-state index is 0.0175. The molecule has 8 heteroatoms. The summed E-state index contributed by atoms with van der Waals surface area (Å²) in [6.45, 7) is 6.00. The summed E-state index contributed by atoms with van der Waals surface area (Å²) in [4.78, 5) is 23.4. The first-order chi connectivity index (χ1) is 13.2. The van der Waals surface area contributed by atoms with E-state index in [1.54, 1.807) is 18.6 Å². The highest BCUT2D eigenvalue weighted by Gasteiger charge is 2.30. The molecule has 0 N–H and O–H groups in total. The predicted octanol–water partition coefficient (Wildman–Crippen LogP) is 2.68. The molecule has 0 unspecified atom stereocenters. The molecule has 0 saturated carbocycles. The molecular weight excluding hydrogens is 344 g/mol. The molecule has 1 amide bonds. The van der Waals surface area contributed by atoms with Crippen LogP contribution in [0.15, 0.2) is 35.2 Å². The number of piperidine rings is 1. The summed E-state index contributed by atoms with van der Waals surface area (Å²) in [7, 11) is 0. The van der Waals surface area contributed by atoms with E-state index in [1.807, 2.05) is 35.6 Å². The monoisotopic (exact) mass is 366 g/mol. The van der Waals surface area contributed by atoms with Gasteiger partial charge in [-0.1, -0.05) is 5.16 Å². The summed E-state index contributed by atoms with van der Waals surface area (Å²) in [6, 6.07) is 3.73. The first-order valence-electron chi connectivity index (χ1n) is 9.23. The van der Waals surface area contributed by atoms with Gasteiger partial charge in [0, 0.05) is 43.3 Å². The number of amides is 1. The number of aryl methyl sites for hydroxylation is 1. The lowest BCUT2D eigenvalue weighted by Gasteiger charge is -2.31. The van der Waals surface area contributed by atoms with Crippen molar-refractivity contribution in [1.29, 1.82) is 0 Å². The molecule has 3 aromatic rings. The summed E-state index contributed by atoms with van der Waals surface area (Å²) in [5.74, 6) is 1.17. The fourth-order valence-electron chi connectivity index (χ4n) is 3.52. The Morgan fingerprint density at radius 2 is 2.26 bits per heavy atom. The Morgan fingerprint density at radius 1 is 1.37 bits per heavy atom. The Labute approximate surface area is 157 Å². The van der Waals surface area contributed by atoms with E-state index in [4.69, 9.17) is 4.52 Å².